The van der Waals surface area contributed by atoms with Gasteiger partial charge in [-0.15, -0.1) is 0 Å². The molecule has 4 heteroatoms. The van der Waals surface area contributed by atoms with E-state index < -0.39 is 0 Å². The van der Waals surface area contributed by atoms with Crippen molar-refractivity contribution in [2.75, 3.05) is 6.54 Å². The number of nitrogens with one attached hydrogen (secondary N) is 2. The number of carbonyl (C=O) groups is 1. The Labute approximate surface area is 114 Å². The molecule has 0 aliphatic heterocycles. The lowest BCUT2D eigenvalue weighted by Gasteiger charge is -2.15. The second-order valence-corrected chi connectivity index (χ2v) is 5.25. The van der Waals surface area contributed by atoms with E-state index in [0.717, 1.165) is 12.3 Å². The van der Waals surface area contributed by atoms with Crippen LogP contribution in [-0.2, 0) is 11.3 Å². The molecular weight excluding hydrogens is 240 g/mol. The fourth-order valence-electron chi connectivity index (χ4n) is 2.56. The fraction of sp³-hybridized carbons (Fsp3) is 0.667. The molecule has 1 aliphatic carbocycles. The lowest BCUT2D eigenvalue weighted by Crippen LogP contribution is -2.33. The van der Waals surface area contributed by atoms with Crippen LogP contribution in [0.2, 0.25) is 0 Å². The maximum atomic E-state index is 11.7. The molecular formula is C15H24N2O2. The largest absolute Gasteiger partial charge is 0.467 e. The van der Waals surface area contributed by atoms with E-state index in [0.29, 0.717) is 19.0 Å². The summed E-state index contributed by atoms with van der Waals surface area (Å²) in [6, 6.07) is 4.31. The first-order valence-electron chi connectivity index (χ1n) is 7.37. The number of rotatable bonds is 6. The SMILES string of the molecule is O=C(CCNC1CCCCCC1)NCc1ccco1. The van der Waals surface area contributed by atoms with Crippen LogP contribution in [0.15, 0.2) is 22.8 Å². The van der Waals surface area contributed by atoms with Gasteiger partial charge >= 0.3 is 0 Å². The number of amides is 1. The van der Waals surface area contributed by atoms with E-state index in [1.165, 1.54) is 38.5 Å². The van der Waals surface area contributed by atoms with Gasteiger partial charge in [0, 0.05) is 19.0 Å². The first kappa shape index (κ1) is 14.1. The van der Waals surface area contributed by atoms with E-state index in [4.69, 9.17) is 4.42 Å². The molecule has 0 aromatic carbocycles. The van der Waals surface area contributed by atoms with E-state index in [9.17, 15) is 4.79 Å². The molecule has 106 valence electrons. The second kappa shape index (κ2) is 8.00. The number of furan rings is 1. The Morgan fingerprint density at radius 2 is 2.05 bits per heavy atom. The maximum Gasteiger partial charge on any atom is 0.221 e. The third-order valence-electron chi connectivity index (χ3n) is 3.68. The van der Waals surface area contributed by atoms with Crippen molar-refractivity contribution >= 4 is 5.91 Å². The van der Waals surface area contributed by atoms with Crippen LogP contribution in [0.25, 0.3) is 0 Å². The molecule has 1 heterocycles. The predicted octanol–water partition coefficient (Wildman–Crippen LogP) is 2.60. The van der Waals surface area contributed by atoms with Gasteiger partial charge in [-0.05, 0) is 25.0 Å². The summed E-state index contributed by atoms with van der Waals surface area (Å²) in [7, 11) is 0. The summed E-state index contributed by atoms with van der Waals surface area (Å²) in [5.74, 6) is 0.877. The van der Waals surface area contributed by atoms with E-state index in [1.54, 1.807) is 6.26 Å². The predicted molar refractivity (Wildman–Crippen MR) is 74.7 cm³/mol. The molecule has 2 rings (SSSR count). The van der Waals surface area contributed by atoms with Crippen LogP contribution in [0.3, 0.4) is 0 Å². The van der Waals surface area contributed by atoms with Gasteiger partial charge in [0.05, 0.1) is 12.8 Å². The molecule has 19 heavy (non-hydrogen) atoms. The molecule has 2 N–H and O–H groups in total. The minimum Gasteiger partial charge on any atom is -0.467 e. The van der Waals surface area contributed by atoms with Crippen LogP contribution in [0.5, 0.6) is 0 Å². The van der Waals surface area contributed by atoms with Crippen molar-refractivity contribution in [1.82, 2.24) is 10.6 Å². The molecule has 1 aromatic heterocycles. The highest BCUT2D eigenvalue weighted by Gasteiger charge is 2.11. The molecule has 1 aliphatic rings. The molecule has 1 saturated carbocycles. The van der Waals surface area contributed by atoms with Gasteiger partial charge in [-0.25, -0.2) is 0 Å². The summed E-state index contributed by atoms with van der Waals surface area (Å²) in [6.45, 7) is 1.25. The number of carbonyl (C=O) groups excluding carboxylic acids is 1. The number of hydrogen-bond acceptors (Lipinski definition) is 3. The van der Waals surface area contributed by atoms with Gasteiger partial charge in [-0.2, -0.15) is 0 Å². The summed E-state index contributed by atoms with van der Waals surface area (Å²) >= 11 is 0. The molecule has 1 aromatic rings. The van der Waals surface area contributed by atoms with Crippen molar-refractivity contribution < 1.29 is 9.21 Å². The Balaban J connectivity index is 1.55. The van der Waals surface area contributed by atoms with Crippen molar-refractivity contribution in [1.29, 1.82) is 0 Å². The third kappa shape index (κ3) is 5.47. The maximum absolute atomic E-state index is 11.7. The first-order valence-corrected chi connectivity index (χ1v) is 7.37. The summed E-state index contributed by atoms with van der Waals surface area (Å²) in [5, 5.41) is 6.36. The van der Waals surface area contributed by atoms with Crippen molar-refractivity contribution in [2.24, 2.45) is 0 Å². The fourth-order valence-corrected chi connectivity index (χ4v) is 2.56. The second-order valence-electron chi connectivity index (χ2n) is 5.25. The van der Waals surface area contributed by atoms with E-state index >= 15 is 0 Å². The Morgan fingerprint density at radius 3 is 2.74 bits per heavy atom. The zero-order valence-corrected chi connectivity index (χ0v) is 11.5. The molecule has 0 spiro atoms. The smallest absolute Gasteiger partial charge is 0.221 e. The third-order valence-corrected chi connectivity index (χ3v) is 3.68. The van der Waals surface area contributed by atoms with Crippen LogP contribution < -0.4 is 10.6 Å². The molecule has 0 radical (unpaired) electrons. The highest BCUT2D eigenvalue weighted by molar-refractivity contribution is 5.75. The van der Waals surface area contributed by atoms with Crippen molar-refractivity contribution in [3.8, 4) is 0 Å². The van der Waals surface area contributed by atoms with Gasteiger partial charge in [0.2, 0.25) is 5.91 Å². The normalized spacial score (nSPS) is 17.1. The quantitative estimate of drug-likeness (QED) is 0.777. The lowest BCUT2D eigenvalue weighted by molar-refractivity contribution is -0.121. The zero-order chi connectivity index (χ0) is 13.3. The van der Waals surface area contributed by atoms with Crippen LogP contribution in [0.1, 0.15) is 50.7 Å². The summed E-state index contributed by atoms with van der Waals surface area (Å²) < 4.78 is 5.17. The first-order chi connectivity index (χ1) is 9.34. The molecule has 1 amide bonds. The van der Waals surface area contributed by atoms with Crippen LogP contribution in [0.4, 0.5) is 0 Å². The minimum absolute atomic E-state index is 0.0810. The average molecular weight is 264 g/mol. The molecule has 4 nitrogen and oxygen atoms in total. The number of hydrogen-bond donors (Lipinski definition) is 2. The van der Waals surface area contributed by atoms with E-state index in [1.807, 2.05) is 12.1 Å². The van der Waals surface area contributed by atoms with Crippen molar-refractivity contribution in [3.63, 3.8) is 0 Å². The Morgan fingerprint density at radius 1 is 1.26 bits per heavy atom. The molecule has 0 bridgehead atoms. The molecule has 0 unspecified atom stereocenters. The standard InChI is InChI=1S/C15H24N2O2/c18-15(17-12-14-8-5-11-19-14)9-10-16-13-6-3-1-2-4-7-13/h5,8,11,13,16H,1-4,6-7,9-10,12H2,(H,17,18). The molecule has 0 atom stereocenters. The molecule has 1 fully saturated rings. The Kier molecular flexibility index (Phi) is 5.95. The van der Waals surface area contributed by atoms with Crippen molar-refractivity contribution in [2.45, 2.75) is 57.5 Å². The van der Waals surface area contributed by atoms with Crippen LogP contribution >= 0.6 is 0 Å². The van der Waals surface area contributed by atoms with Gasteiger partial charge in [0.15, 0.2) is 0 Å². The zero-order valence-electron chi connectivity index (χ0n) is 11.5. The summed E-state index contributed by atoms with van der Waals surface area (Å²) in [4.78, 5) is 11.7. The van der Waals surface area contributed by atoms with Gasteiger partial charge in [0.1, 0.15) is 5.76 Å². The highest BCUT2D eigenvalue weighted by Crippen LogP contribution is 2.16. The van der Waals surface area contributed by atoms with Gasteiger partial charge in [0.25, 0.3) is 0 Å². The van der Waals surface area contributed by atoms with Gasteiger partial charge in [-0.1, -0.05) is 25.7 Å². The highest BCUT2D eigenvalue weighted by atomic mass is 16.3. The topological polar surface area (TPSA) is 54.3 Å². The summed E-state index contributed by atoms with van der Waals surface area (Å²) in [5.41, 5.74) is 0. The Hall–Kier alpha value is -1.29. The van der Waals surface area contributed by atoms with E-state index in [2.05, 4.69) is 10.6 Å². The van der Waals surface area contributed by atoms with Gasteiger partial charge < -0.3 is 15.1 Å². The minimum atomic E-state index is 0.0810. The lowest BCUT2D eigenvalue weighted by atomic mass is 10.1. The monoisotopic (exact) mass is 264 g/mol. The van der Waals surface area contributed by atoms with Gasteiger partial charge in [-0.3, -0.25) is 4.79 Å². The van der Waals surface area contributed by atoms with Crippen molar-refractivity contribution in [3.05, 3.63) is 24.2 Å². The Bertz CT molecular complexity index is 354. The van der Waals surface area contributed by atoms with E-state index in [-0.39, 0.29) is 5.91 Å². The van der Waals surface area contributed by atoms with Crippen LogP contribution in [-0.4, -0.2) is 18.5 Å². The summed E-state index contributed by atoms with van der Waals surface area (Å²) in [6.07, 6.45) is 10.0. The molecule has 0 saturated heterocycles. The van der Waals surface area contributed by atoms with Crippen LogP contribution in [0, 0.1) is 0 Å². The average Bonchev–Trinajstić information content (AvgIpc) is 2.80.